The summed E-state index contributed by atoms with van der Waals surface area (Å²) >= 11 is 0. The van der Waals surface area contributed by atoms with E-state index in [9.17, 15) is 9.18 Å². The zero-order valence-corrected chi connectivity index (χ0v) is 15.3. The minimum atomic E-state index is -0.284. The van der Waals surface area contributed by atoms with Crippen molar-refractivity contribution >= 4 is 17.4 Å². The van der Waals surface area contributed by atoms with Crippen LogP contribution in [0.25, 0.3) is 0 Å². The zero-order valence-electron chi connectivity index (χ0n) is 15.3. The molecule has 1 aromatic heterocycles. The number of carbonyl (C=O) groups excluding carboxylic acids is 1. The highest BCUT2D eigenvalue weighted by molar-refractivity contribution is 6.05. The lowest BCUT2D eigenvalue weighted by Crippen LogP contribution is -2.31. The Morgan fingerprint density at radius 3 is 2.48 bits per heavy atom. The molecule has 1 N–H and O–H groups in total. The molecular formula is C21H21FN4O. The zero-order chi connectivity index (χ0) is 19.2. The maximum absolute atomic E-state index is 13.8. The fourth-order valence-corrected chi connectivity index (χ4v) is 2.78. The molecule has 1 heterocycles. The molecule has 1 amide bonds. The number of hydrogen-bond donors (Lipinski definition) is 1. The number of anilines is 2. The van der Waals surface area contributed by atoms with Gasteiger partial charge >= 0.3 is 0 Å². The van der Waals surface area contributed by atoms with E-state index in [0.717, 1.165) is 5.69 Å². The highest BCUT2D eigenvalue weighted by Gasteiger charge is 2.18. The third kappa shape index (κ3) is 4.47. The van der Waals surface area contributed by atoms with Crippen molar-refractivity contribution < 1.29 is 9.18 Å². The van der Waals surface area contributed by atoms with E-state index in [0.29, 0.717) is 29.4 Å². The van der Waals surface area contributed by atoms with Crippen molar-refractivity contribution in [3.8, 4) is 0 Å². The lowest BCUT2D eigenvalue weighted by Gasteiger charge is -2.21. The number of carbonyl (C=O) groups is 1. The van der Waals surface area contributed by atoms with Crippen molar-refractivity contribution in [3.63, 3.8) is 0 Å². The normalized spacial score (nSPS) is 10.5. The maximum atomic E-state index is 13.8. The summed E-state index contributed by atoms with van der Waals surface area (Å²) in [6, 6.07) is 17.6. The molecule has 3 aromatic rings. The first-order valence-corrected chi connectivity index (χ1v) is 8.78. The summed E-state index contributed by atoms with van der Waals surface area (Å²) in [4.78, 5) is 23.2. The molecule has 27 heavy (non-hydrogen) atoms. The molecule has 0 unspecified atom stereocenters. The van der Waals surface area contributed by atoms with E-state index < -0.39 is 0 Å². The van der Waals surface area contributed by atoms with Gasteiger partial charge in [0.2, 0.25) is 0 Å². The van der Waals surface area contributed by atoms with Crippen LogP contribution in [0.2, 0.25) is 0 Å². The van der Waals surface area contributed by atoms with Gasteiger partial charge in [-0.3, -0.25) is 4.79 Å². The molecule has 0 radical (unpaired) electrons. The van der Waals surface area contributed by atoms with Crippen molar-refractivity contribution in [2.45, 2.75) is 20.4 Å². The van der Waals surface area contributed by atoms with Crippen LogP contribution in [0.5, 0.6) is 0 Å². The number of amides is 1. The summed E-state index contributed by atoms with van der Waals surface area (Å²) < 4.78 is 13.8. The number of para-hydroxylation sites is 1. The topological polar surface area (TPSA) is 58.1 Å². The van der Waals surface area contributed by atoms with Crippen molar-refractivity contribution in [1.82, 2.24) is 9.97 Å². The van der Waals surface area contributed by atoms with E-state index in [2.05, 4.69) is 15.3 Å². The number of aromatic nitrogens is 2. The minimum absolute atomic E-state index is 0.205. The molecule has 5 nitrogen and oxygen atoms in total. The van der Waals surface area contributed by atoms with Crippen LogP contribution in [0, 0.1) is 12.7 Å². The smallest absolute Gasteiger partial charge is 0.277 e. The van der Waals surface area contributed by atoms with Gasteiger partial charge in [0.05, 0.1) is 0 Å². The van der Waals surface area contributed by atoms with Crippen LogP contribution in [-0.4, -0.2) is 22.4 Å². The molecule has 0 fully saturated rings. The molecule has 0 aliphatic rings. The molecule has 138 valence electrons. The third-order valence-electron chi connectivity index (χ3n) is 4.10. The van der Waals surface area contributed by atoms with Crippen molar-refractivity contribution in [3.05, 3.63) is 83.6 Å². The minimum Gasteiger partial charge on any atom is -0.366 e. The Balaban J connectivity index is 1.82. The number of rotatable bonds is 6. The van der Waals surface area contributed by atoms with E-state index >= 15 is 0 Å². The predicted octanol–water partition coefficient (Wildman–Crippen LogP) is 4.20. The lowest BCUT2D eigenvalue weighted by atomic mass is 10.2. The van der Waals surface area contributed by atoms with Crippen LogP contribution in [0.1, 0.15) is 28.8 Å². The molecule has 0 atom stereocenters. The van der Waals surface area contributed by atoms with Crippen LogP contribution in [-0.2, 0) is 6.54 Å². The Morgan fingerprint density at radius 2 is 1.78 bits per heavy atom. The van der Waals surface area contributed by atoms with Gasteiger partial charge in [0, 0.05) is 30.4 Å². The Labute approximate surface area is 157 Å². The number of aryl methyl sites for hydroxylation is 1. The predicted molar refractivity (Wildman–Crippen MR) is 104 cm³/mol. The summed E-state index contributed by atoms with van der Waals surface area (Å²) in [5.74, 6) is 0.468. The standard InChI is InChI=1S/C21H21FN4O/c1-3-26(17-10-5-4-6-11-17)21(27)19-13-20(25-15(2)24-19)23-14-16-9-7-8-12-18(16)22/h4-13H,3,14H2,1-2H3,(H,23,24,25). The molecule has 3 rings (SSSR count). The number of benzene rings is 2. The molecule has 0 bridgehead atoms. The SMILES string of the molecule is CCN(C(=O)c1cc(NCc2ccccc2F)nc(C)n1)c1ccccc1. The molecule has 0 spiro atoms. The van der Waals surface area contributed by atoms with Crippen LogP contribution in [0.3, 0.4) is 0 Å². The van der Waals surface area contributed by atoms with Gasteiger partial charge in [0.25, 0.3) is 5.91 Å². The lowest BCUT2D eigenvalue weighted by molar-refractivity contribution is 0.0983. The Bertz CT molecular complexity index is 930. The first-order chi connectivity index (χ1) is 13.1. The monoisotopic (exact) mass is 364 g/mol. The highest BCUT2D eigenvalue weighted by atomic mass is 19.1. The molecule has 0 aliphatic heterocycles. The van der Waals surface area contributed by atoms with Gasteiger partial charge in [0.15, 0.2) is 0 Å². The number of nitrogens with one attached hydrogen (secondary N) is 1. The van der Waals surface area contributed by atoms with Gasteiger partial charge in [-0.2, -0.15) is 0 Å². The first-order valence-electron chi connectivity index (χ1n) is 8.78. The summed E-state index contributed by atoms with van der Waals surface area (Å²) in [6.07, 6.45) is 0. The van der Waals surface area contributed by atoms with E-state index in [-0.39, 0.29) is 18.3 Å². The van der Waals surface area contributed by atoms with E-state index in [1.54, 1.807) is 36.1 Å². The fraction of sp³-hybridized carbons (Fsp3) is 0.190. The Hall–Kier alpha value is -3.28. The van der Waals surface area contributed by atoms with Crippen molar-refractivity contribution in [2.24, 2.45) is 0 Å². The largest absolute Gasteiger partial charge is 0.366 e. The van der Waals surface area contributed by atoms with Gasteiger partial charge in [-0.25, -0.2) is 14.4 Å². The van der Waals surface area contributed by atoms with Crippen LogP contribution in [0.4, 0.5) is 15.9 Å². The second-order valence-corrected chi connectivity index (χ2v) is 6.02. The summed E-state index contributed by atoms with van der Waals surface area (Å²) in [5.41, 5.74) is 1.63. The quantitative estimate of drug-likeness (QED) is 0.712. The highest BCUT2D eigenvalue weighted by Crippen LogP contribution is 2.18. The van der Waals surface area contributed by atoms with E-state index in [1.807, 2.05) is 37.3 Å². The van der Waals surface area contributed by atoms with Gasteiger partial charge in [-0.15, -0.1) is 0 Å². The average molecular weight is 364 g/mol. The Morgan fingerprint density at radius 1 is 1.07 bits per heavy atom. The van der Waals surface area contributed by atoms with Crippen molar-refractivity contribution in [2.75, 3.05) is 16.8 Å². The van der Waals surface area contributed by atoms with Gasteiger partial charge in [0.1, 0.15) is 23.2 Å². The van der Waals surface area contributed by atoms with Gasteiger partial charge in [-0.1, -0.05) is 36.4 Å². The summed E-state index contributed by atoms with van der Waals surface area (Å²) in [5, 5.41) is 3.07. The molecule has 0 saturated heterocycles. The second kappa shape index (κ2) is 8.40. The van der Waals surface area contributed by atoms with E-state index in [1.165, 1.54) is 6.07 Å². The van der Waals surface area contributed by atoms with Gasteiger partial charge < -0.3 is 10.2 Å². The fourth-order valence-electron chi connectivity index (χ4n) is 2.78. The molecule has 0 saturated carbocycles. The molecular weight excluding hydrogens is 343 g/mol. The van der Waals surface area contributed by atoms with Crippen molar-refractivity contribution in [1.29, 1.82) is 0 Å². The summed E-state index contributed by atoms with van der Waals surface area (Å²) in [6.45, 7) is 4.43. The third-order valence-corrected chi connectivity index (χ3v) is 4.10. The second-order valence-electron chi connectivity index (χ2n) is 6.02. The molecule has 0 aliphatic carbocycles. The number of hydrogen-bond acceptors (Lipinski definition) is 4. The van der Waals surface area contributed by atoms with Crippen LogP contribution < -0.4 is 10.2 Å². The molecule has 6 heteroatoms. The van der Waals surface area contributed by atoms with Crippen LogP contribution >= 0.6 is 0 Å². The number of halogens is 1. The number of nitrogens with zero attached hydrogens (tertiary/aromatic N) is 3. The van der Waals surface area contributed by atoms with E-state index in [4.69, 9.17) is 0 Å². The first kappa shape index (κ1) is 18.5. The Kier molecular flexibility index (Phi) is 5.76. The summed E-state index contributed by atoms with van der Waals surface area (Å²) in [7, 11) is 0. The van der Waals surface area contributed by atoms with Gasteiger partial charge in [-0.05, 0) is 32.0 Å². The maximum Gasteiger partial charge on any atom is 0.277 e. The average Bonchev–Trinajstić information content (AvgIpc) is 2.68. The van der Waals surface area contributed by atoms with Crippen LogP contribution in [0.15, 0.2) is 60.7 Å². The molecule has 2 aromatic carbocycles.